The Hall–Kier alpha value is -1.49. The number of aliphatic hydroxyl groups is 1. The monoisotopic (exact) mass is 214 g/mol. The second-order valence-corrected chi connectivity index (χ2v) is 3.65. The summed E-state index contributed by atoms with van der Waals surface area (Å²) in [6.45, 7) is 0. The fourth-order valence-corrected chi connectivity index (χ4v) is 1.45. The van der Waals surface area contributed by atoms with Gasteiger partial charge in [-0.15, -0.1) is 0 Å². The van der Waals surface area contributed by atoms with Gasteiger partial charge in [0.2, 0.25) is 0 Å². The molecular formula is C10H8F2O3. The predicted molar refractivity (Wildman–Crippen MR) is 46.4 cm³/mol. The maximum Gasteiger partial charge on any atom is 0.341 e. The molecule has 0 spiro atoms. The van der Waals surface area contributed by atoms with Crippen LogP contribution in [0.15, 0.2) is 12.1 Å². The molecule has 15 heavy (non-hydrogen) atoms. The Morgan fingerprint density at radius 2 is 1.73 bits per heavy atom. The molecule has 3 nitrogen and oxygen atoms in total. The molecule has 0 unspecified atom stereocenters. The van der Waals surface area contributed by atoms with Gasteiger partial charge in [0.15, 0.2) is 0 Å². The van der Waals surface area contributed by atoms with Crippen LogP contribution < -0.4 is 0 Å². The molecule has 1 aromatic rings. The van der Waals surface area contributed by atoms with Gasteiger partial charge in [-0.1, -0.05) is 0 Å². The van der Waals surface area contributed by atoms with Gasteiger partial charge in [-0.3, -0.25) is 0 Å². The van der Waals surface area contributed by atoms with Crippen LogP contribution in [0.25, 0.3) is 0 Å². The van der Waals surface area contributed by atoms with E-state index in [2.05, 4.69) is 0 Å². The maximum absolute atomic E-state index is 13.2. The number of rotatable bonds is 2. The SMILES string of the molecule is O=C(O)c1c(F)cc(C2(O)CC2)cc1F. The summed E-state index contributed by atoms with van der Waals surface area (Å²) >= 11 is 0. The average Bonchev–Trinajstić information content (AvgIpc) is 2.82. The Bertz CT molecular complexity index is 415. The highest BCUT2D eigenvalue weighted by atomic mass is 19.1. The van der Waals surface area contributed by atoms with Crippen molar-refractivity contribution in [3.05, 3.63) is 34.9 Å². The van der Waals surface area contributed by atoms with Crippen LogP contribution >= 0.6 is 0 Å². The van der Waals surface area contributed by atoms with Crippen LogP contribution in [-0.4, -0.2) is 16.2 Å². The van der Waals surface area contributed by atoms with Gasteiger partial charge in [0, 0.05) is 0 Å². The van der Waals surface area contributed by atoms with Crippen molar-refractivity contribution in [2.24, 2.45) is 0 Å². The summed E-state index contributed by atoms with van der Waals surface area (Å²) in [5, 5.41) is 18.1. The molecule has 0 radical (unpaired) electrons. The lowest BCUT2D eigenvalue weighted by Gasteiger charge is -2.09. The Kier molecular flexibility index (Phi) is 2.01. The van der Waals surface area contributed by atoms with Crippen LogP contribution in [0.3, 0.4) is 0 Å². The molecule has 5 heteroatoms. The van der Waals surface area contributed by atoms with Crippen LogP contribution in [0.1, 0.15) is 28.8 Å². The fraction of sp³-hybridized carbons (Fsp3) is 0.300. The van der Waals surface area contributed by atoms with E-state index in [1.54, 1.807) is 0 Å². The first-order valence-electron chi connectivity index (χ1n) is 4.39. The molecule has 0 amide bonds. The first-order valence-corrected chi connectivity index (χ1v) is 4.39. The number of aromatic carboxylic acids is 1. The van der Waals surface area contributed by atoms with Crippen molar-refractivity contribution in [2.75, 3.05) is 0 Å². The van der Waals surface area contributed by atoms with Crippen LogP contribution in [0.5, 0.6) is 0 Å². The van der Waals surface area contributed by atoms with E-state index in [4.69, 9.17) is 5.11 Å². The van der Waals surface area contributed by atoms with Crippen molar-refractivity contribution in [3.63, 3.8) is 0 Å². The third-order valence-corrected chi connectivity index (χ3v) is 2.52. The van der Waals surface area contributed by atoms with Gasteiger partial charge in [-0.2, -0.15) is 0 Å². The van der Waals surface area contributed by atoms with Crippen molar-refractivity contribution in [2.45, 2.75) is 18.4 Å². The van der Waals surface area contributed by atoms with E-state index in [0.717, 1.165) is 12.1 Å². The molecule has 0 heterocycles. The molecule has 0 aromatic heterocycles. The van der Waals surface area contributed by atoms with Crippen molar-refractivity contribution >= 4 is 5.97 Å². The summed E-state index contributed by atoms with van der Waals surface area (Å²) in [5.74, 6) is -3.96. The topological polar surface area (TPSA) is 57.5 Å². The highest BCUT2D eigenvalue weighted by Crippen LogP contribution is 2.45. The molecule has 1 saturated carbocycles. The van der Waals surface area contributed by atoms with Gasteiger partial charge in [-0.05, 0) is 30.5 Å². The summed E-state index contributed by atoms with van der Waals surface area (Å²) in [5.41, 5.74) is -2.05. The molecule has 1 aromatic carbocycles. The average molecular weight is 214 g/mol. The van der Waals surface area contributed by atoms with Crippen LogP contribution in [-0.2, 0) is 5.60 Å². The zero-order valence-corrected chi connectivity index (χ0v) is 7.63. The molecule has 1 fully saturated rings. The van der Waals surface area contributed by atoms with E-state index < -0.39 is 28.8 Å². The quantitative estimate of drug-likeness (QED) is 0.786. The normalized spacial score (nSPS) is 17.5. The Labute approximate surface area is 84.0 Å². The van der Waals surface area contributed by atoms with E-state index in [-0.39, 0.29) is 5.56 Å². The molecule has 1 aliphatic carbocycles. The third-order valence-electron chi connectivity index (χ3n) is 2.52. The first kappa shape index (κ1) is 10.0. The maximum atomic E-state index is 13.2. The third kappa shape index (κ3) is 1.59. The Morgan fingerprint density at radius 1 is 1.27 bits per heavy atom. The molecule has 0 atom stereocenters. The van der Waals surface area contributed by atoms with Gasteiger partial charge >= 0.3 is 5.97 Å². The number of carboxylic acid groups (broad SMARTS) is 1. The van der Waals surface area contributed by atoms with Crippen LogP contribution in [0.2, 0.25) is 0 Å². The highest BCUT2D eigenvalue weighted by Gasteiger charge is 2.43. The van der Waals surface area contributed by atoms with E-state index >= 15 is 0 Å². The largest absolute Gasteiger partial charge is 0.477 e. The number of hydrogen-bond acceptors (Lipinski definition) is 2. The van der Waals surface area contributed by atoms with Crippen LogP contribution in [0.4, 0.5) is 8.78 Å². The minimum absolute atomic E-state index is 0.0995. The standard InChI is InChI=1S/C10H8F2O3/c11-6-3-5(10(15)1-2-10)4-7(12)8(6)9(13)14/h3-4,15H,1-2H2,(H,13,14). The van der Waals surface area contributed by atoms with Gasteiger partial charge < -0.3 is 10.2 Å². The van der Waals surface area contributed by atoms with Crippen molar-refractivity contribution < 1.29 is 23.8 Å². The van der Waals surface area contributed by atoms with Crippen LogP contribution in [0, 0.1) is 11.6 Å². The van der Waals surface area contributed by atoms with Crippen molar-refractivity contribution in [1.82, 2.24) is 0 Å². The summed E-state index contributed by atoms with van der Waals surface area (Å²) in [6, 6.07) is 1.75. The molecule has 80 valence electrons. The van der Waals surface area contributed by atoms with Gasteiger partial charge in [0.25, 0.3) is 0 Å². The van der Waals surface area contributed by atoms with E-state index in [1.165, 1.54) is 0 Å². The molecule has 0 bridgehead atoms. The minimum atomic E-state index is -1.65. The fourth-order valence-electron chi connectivity index (χ4n) is 1.45. The van der Waals surface area contributed by atoms with Gasteiger partial charge in [0.1, 0.15) is 17.2 Å². The highest BCUT2D eigenvalue weighted by molar-refractivity contribution is 5.88. The van der Waals surface area contributed by atoms with E-state index in [1.807, 2.05) is 0 Å². The molecule has 2 rings (SSSR count). The van der Waals surface area contributed by atoms with E-state index in [0.29, 0.717) is 12.8 Å². The summed E-state index contributed by atoms with van der Waals surface area (Å²) in [6.07, 6.45) is 0.886. The zero-order valence-electron chi connectivity index (χ0n) is 7.63. The lowest BCUT2D eigenvalue weighted by molar-refractivity contribution is 0.0685. The Morgan fingerprint density at radius 3 is 2.07 bits per heavy atom. The summed E-state index contributed by atoms with van der Waals surface area (Å²) in [4.78, 5) is 10.5. The Balaban J connectivity index is 2.52. The number of carbonyl (C=O) groups is 1. The number of carboxylic acids is 1. The molecule has 2 N–H and O–H groups in total. The lowest BCUT2D eigenvalue weighted by Crippen LogP contribution is -2.10. The molecule has 0 aliphatic heterocycles. The van der Waals surface area contributed by atoms with Gasteiger partial charge in [0.05, 0.1) is 5.60 Å². The zero-order chi connectivity index (χ0) is 11.2. The number of hydrogen-bond donors (Lipinski definition) is 2. The lowest BCUT2D eigenvalue weighted by atomic mass is 10.0. The predicted octanol–water partition coefficient (Wildman–Crippen LogP) is 1.64. The number of benzene rings is 1. The first-order chi connectivity index (χ1) is 6.94. The molecule has 0 saturated heterocycles. The smallest absolute Gasteiger partial charge is 0.341 e. The van der Waals surface area contributed by atoms with Crippen molar-refractivity contribution in [1.29, 1.82) is 0 Å². The molecular weight excluding hydrogens is 206 g/mol. The second kappa shape index (κ2) is 3.00. The summed E-state index contributed by atoms with van der Waals surface area (Å²) < 4.78 is 26.4. The van der Waals surface area contributed by atoms with E-state index in [9.17, 15) is 18.7 Å². The van der Waals surface area contributed by atoms with Crippen molar-refractivity contribution in [3.8, 4) is 0 Å². The molecule has 1 aliphatic rings. The van der Waals surface area contributed by atoms with Gasteiger partial charge in [-0.25, -0.2) is 13.6 Å². The number of halogens is 2. The summed E-state index contributed by atoms with van der Waals surface area (Å²) in [7, 11) is 0. The minimum Gasteiger partial charge on any atom is -0.477 e. The second-order valence-electron chi connectivity index (χ2n) is 3.65.